The molecule has 0 atom stereocenters. The zero-order chi connectivity index (χ0) is 12.3. The molecule has 3 nitrogen and oxygen atoms in total. The predicted molar refractivity (Wildman–Crippen MR) is 64.8 cm³/mol. The normalized spacial score (nSPS) is 18.2. The summed E-state index contributed by atoms with van der Waals surface area (Å²) in [6.07, 6.45) is 1.25. The molecule has 1 saturated heterocycles. The highest BCUT2D eigenvalue weighted by Crippen LogP contribution is 2.23. The molecule has 0 saturated carbocycles. The quantitative estimate of drug-likeness (QED) is 0.800. The van der Waals surface area contributed by atoms with Gasteiger partial charge in [-0.2, -0.15) is 0 Å². The third-order valence-electron chi connectivity index (χ3n) is 2.90. The van der Waals surface area contributed by atoms with E-state index >= 15 is 0 Å². The molecule has 0 amide bonds. The lowest BCUT2D eigenvalue weighted by Gasteiger charge is -2.22. The topological polar surface area (TPSA) is 35.5 Å². The zero-order valence-electron chi connectivity index (χ0n) is 10.4. The van der Waals surface area contributed by atoms with Crippen molar-refractivity contribution in [3.63, 3.8) is 0 Å². The molecule has 0 radical (unpaired) electrons. The second-order valence-electron chi connectivity index (χ2n) is 4.70. The van der Waals surface area contributed by atoms with E-state index in [1.165, 1.54) is 5.56 Å². The standard InChI is InChI=1S/C14H18O3/c1-11(15)9-12-3-5-13(6-4-12)10-14(2)16-7-8-17-14/h3-6H,7-10H2,1-2H3. The summed E-state index contributed by atoms with van der Waals surface area (Å²) >= 11 is 0. The van der Waals surface area contributed by atoms with Crippen molar-refractivity contribution in [3.8, 4) is 0 Å². The number of ketones is 1. The fourth-order valence-electron chi connectivity index (χ4n) is 2.09. The van der Waals surface area contributed by atoms with Crippen LogP contribution < -0.4 is 0 Å². The fraction of sp³-hybridized carbons (Fsp3) is 0.500. The SMILES string of the molecule is CC(=O)Cc1ccc(CC2(C)OCCO2)cc1. The Balaban J connectivity index is 2.00. The smallest absolute Gasteiger partial charge is 0.169 e. The van der Waals surface area contributed by atoms with Gasteiger partial charge in [0.25, 0.3) is 0 Å². The van der Waals surface area contributed by atoms with Crippen LogP contribution >= 0.6 is 0 Å². The van der Waals surface area contributed by atoms with Crippen molar-refractivity contribution < 1.29 is 14.3 Å². The lowest BCUT2D eigenvalue weighted by atomic mass is 10.0. The summed E-state index contributed by atoms with van der Waals surface area (Å²) in [5.41, 5.74) is 2.22. The van der Waals surface area contributed by atoms with Crippen molar-refractivity contribution in [2.45, 2.75) is 32.5 Å². The average Bonchev–Trinajstić information content (AvgIpc) is 2.67. The Morgan fingerprint density at radius 3 is 2.24 bits per heavy atom. The minimum absolute atomic E-state index is 0.187. The molecule has 0 aromatic heterocycles. The summed E-state index contributed by atoms with van der Waals surface area (Å²) in [4.78, 5) is 11.0. The van der Waals surface area contributed by atoms with Gasteiger partial charge in [-0.05, 0) is 25.0 Å². The van der Waals surface area contributed by atoms with Crippen LogP contribution in [0.15, 0.2) is 24.3 Å². The van der Waals surface area contributed by atoms with Crippen molar-refractivity contribution in [2.24, 2.45) is 0 Å². The number of rotatable bonds is 4. The van der Waals surface area contributed by atoms with Gasteiger partial charge in [-0.25, -0.2) is 0 Å². The molecule has 1 aromatic rings. The molecule has 0 spiro atoms. The van der Waals surface area contributed by atoms with Gasteiger partial charge < -0.3 is 9.47 Å². The van der Waals surface area contributed by atoms with Crippen LogP contribution in [0, 0.1) is 0 Å². The summed E-state index contributed by atoms with van der Waals surface area (Å²) in [6.45, 7) is 4.90. The summed E-state index contributed by atoms with van der Waals surface area (Å²) in [6, 6.07) is 8.06. The Morgan fingerprint density at radius 1 is 1.18 bits per heavy atom. The maximum absolute atomic E-state index is 11.0. The first-order chi connectivity index (χ1) is 8.07. The Hall–Kier alpha value is -1.19. The molecule has 1 fully saturated rings. The highest BCUT2D eigenvalue weighted by Gasteiger charge is 2.30. The minimum atomic E-state index is -0.484. The van der Waals surface area contributed by atoms with E-state index in [1.54, 1.807) is 6.92 Å². The molecule has 17 heavy (non-hydrogen) atoms. The number of hydrogen-bond donors (Lipinski definition) is 0. The van der Waals surface area contributed by atoms with Crippen LogP contribution in [-0.4, -0.2) is 24.8 Å². The van der Waals surface area contributed by atoms with Gasteiger partial charge >= 0.3 is 0 Å². The van der Waals surface area contributed by atoms with E-state index < -0.39 is 5.79 Å². The van der Waals surface area contributed by atoms with Crippen molar-refractivity contribution in [1.29, 1.82) is 0 Å². The van der Waals surface area contributed by atoms with Crippen molar-refractivity contribution >= 4 is 5.78 Å². The van der Waals surface area contributed by atoms with Gasteiger partial charge in [0.05, 0.1) is 13.2 Å². The Morgan fingerprint density at radius 2 is 1.71 bits per heavy atom. The Bertz CT molecular complexity index is 388. The molecule has 0 bridgehead atoms. The van der Waals surface area contributed by atoms with E-state index in [-0.39, 0.29) is 5.78 Å². The largest absolute Gasteiger partial charge is 0.347 e. The van der Waals surface area contributed by atoms with E-state index in [9.17, 15) is 4.79 Å². The van der Waals surface area contributed by atoms with Crippen molar-refractivity contribution in [3.05, 3.63) is 35.4 Å². The molecule has 1 aliphatic rings. The summed E-state index contributed by atoms with van der Waals surface area (Å²) in [7, 11) is 0. The molecule has 3 heteroatoms. The average molecular weight is 234 g/mol. The molecule has 0 N–H and O–H groups in total. The van der Waals surface area contributed by atoms with Crippen LogP contribution in [0.2, 0.25) is 0 Å². The lowest BCUT2D eigenvalue weighted by Crippen LogP contribution is -2.28. The Labute approximate surface area is 102 Å². The van der Waals surface area contributed by atoms with Crippen LogP contribution in [0.3, 0.4) is 0 Å². The molecular weight excluding hydrogens is 216 g/mol. The summed E-state index contributed by atoms with van der Waals surface area (Å²) in [5, 5.41) is 0. The van der Waals surface area contributed by atoms with Crippen molar-refractivity contribution in [2.75, 3.05) is 13.2 Å². The van der Waals surface area contributed by atoms with Crippen LogP contribution in [0.4, 0.5) is 0 Å². The van der Waals surface area contributed by atoms with Gasteiger partial charge in [-0.3, -0.25) is 4.79 Å². The van der Waals surface area contributed by atoms with Gasteiger partial charge in [0.1, 0.15) is 5.78 Å². The number of Topliss-reactive ketones (excluding diaryl/α,β-unsaturated/α-hetero) is 1. The first kappa shape index (κ1) is 12.3. The molecule has 1 aliphatic heterocycles. The number of benzene rings is 1. The number of ether oxygens (including phenoxy) is 2. The molecule has 2 rings (SSSR count). The van der Waals surface area contributed by atoms with E-state index in [1.807, 2.05) is 31.2 Å². The maximum atomic E-state index is 11.0. The molecule has 1 heterocycles. The lowest BCUT2D eigenvalue weighted by molar-refractivity contribution is -0.140. The second-order valence-corrected chi connectivity index (χ2v) is 4.70. The molecule has 0 unspecified atom stereocenters. The third-order valence-corrected chi connectivity index (χ3v) is 2.90. The number of hydrogen-bond acceptors (Lipinski definition) is 3. The minimum Gasteiger partial charge on any atom is -0.347 e. The third kappa shape index (κ3) is 3.38. The van der Waals surface area contributed by atoms with Crippen LogP contribution in [0.1, 0.15) is 25.0 Å². The second kappa shape index (κ2) is 4.98. The maximum Gasteiger partial charge on any atom is 0.169 e. The zero-order valence-corrected chi connectivity index (χ0v) is 10.4. The number of carbonyl (C=O) groups is 1. The fourth-order valence-corrected chi connectivity index (χ4v) is 2.09. The predicted octanol–water partition coefficient (Wildman–Crippen LogP) is 2.12. The first-order valence-corrected chi connectivity index (χ1v) is 5.93. The van der Waals surface area contributed by atoms with Gasteiger partial charge in [0, 0.05) is 12.8 Å². The highest BCUT2D eigenvalue weighted by atomic mass is 16.7. The van der Waals surface area contributed by atoms with E-state index in [4.69, 9.17) is 9.47 Å². The number of carbonyl (C=O) groups excluding carboxylic acids is 1. The van der Waals surface area contributed by atoms with E-state index in [0.717, 1.165) is 12.0 Å². The summed E-state index contributed by atoms with van der Waals surface area (Å²) in [5.74, 6) is -0.297. The van der Waals surface area contributed by atoms with Gasteiger partial charge in [-0.15, -0.1) is 0 Å². The monoisotopic (exact) mass is 234 g/mol. The van der Waals surface area contributed by atoms with Crippen molar-refractivity contribution in [1.82, 2.24) is 0 Å². The summed E-state index contributed by atoms with van der Waals surface area (Å²) < 4.78 is 11.1. The van der Waals surface area contributed by atoms with Gasteiger partial charge in [-0.1, -0.05) is 24.3 Å². The molecule has 92 valence electrons. The van der Waals surface area contributed by atoms with Gasteiger partial charge in [0.15, 0.2) is 5.79 Å². The van der Waals surface area contributed by atoms with Crippen LogP contribution in [0.25, 0.3) is 0 Å². The molecule has 0 aliphatic carbocycles. The highest BCUT2D eigenvalue weighted by molar-refractivity contribution is 5.78. The molecule has 1 aromatic carbocycles. The van der Waals surface area contributed by atoms with E-state index in [0.29, 0.717) is 19.6 Å². The van der Waals surface area contributed by atoms with E-state index in [2.05, 4.69) is 0 Å². The first-order valence-electron chi connectivity index (χ1n) is 5.93. The van der Waals surface area contributed by atoms with Crippen LogP contribution in [-0.2, 0) is 27.1 Å². The molecular formula is C14H18O3. The Kier molecular flexibility index (Phi) is 3.60. The van der Waals surface area contributed by atoms with Gasteiger partial charge in [0.2, 0.25) is 0 Å². The van der Waals surface area contributed by atoms with Crippen LogP contribution in [0.5, 0.6) is 0 Å².